The van der Waals surface area contributed by atoms with Crippen LogP contribution in [0, 0.1) is 6.92 Å². The number of benzene rings is 3. The number of methoxy groups -OCH3 is 1. The van der Waals surface area contributed by atoms with Gasteiger partial charge in [0, 0.05) is 6.54 Å². The second-order valence-electron chi connectivity index (χ2n) is 6.70. The van der Waals surface area contributed by atoms with Gasteiger partial charge in [0.05, 0.1) is 17.7 Å². The van der Waals surface area contributed by atoms with Crippen LogP contribution < -0.4 is 14.4 Å². The molecule has 3 rings (SSSR count). The molecule has 156 valence electrons. The summed E-state index contributed by atoms with van der Waals surface area (Å²) in [6.07, 6.45) is 0. The number of anilines is 1. The number of para-hydroxylation sites is 2. The van der Waals surface area contributed by atoms with E-state index in [1.807, 2.05) is 31.2 Å². The molecule has 0 aliphatic heterocycles. The van der Waals surface area contributed by atoms with E-state index in [1.165, 1.54) is 19.2 Å². The third-order valence-electron chi connectivity index (χ3n) is 4.71. The fraction of sp³-hybridized carbons (Fsp3) is 0.174. The van der Waals surface area contributed by atoms with Crippen molar-refractivity contribution in [1.82, 2.24) is 5.32 Å². The van der Waals surface area contributed by atoms with Crippen molar-refractivity contribution in [1.29, 1.82) is 0 Å². The Hall–Kier alpha value is -3.32. The third kappa shape index (κ3) is 4.80. The van der Waals surface area contributed by atoms with E-state index in [9.17, 15) is 13.2 Å². The first-order valence-electron chi connectivity index (χ1n) is 9.45. The summed E-state index contributed by atoms with van der Waals surface area (Å²) in [7, 11) is -2.52. The normalized spacial score (nSPS) is 11.0. The van der Waals surface area contributed by atoms with Gasteiger partial charge in [0.2, 0.25) is 5.91 Å². The Bertz CT molecular complexity index is 1110. The second-order valence-corrected chi connectivity index (χ2v) is 8.56. The lowest BCUT2D eigenvalue weighted by atomic mass is 10.1. The Balaban J connectivity index is 1.90. The van der Waals surface area contributed by atoms with Crippen LogP contribution >= 0.6 is 0 Å². The van der Waals surface area contributed by atoms with Gasteiger partial charge in [-0.1, -0.05) is 54.6 Å². The number of nitrogens with zero attached hydrogens (tertiary/aromatic N) is 1. The minimum absolute atomic E-state index is 0.0996. The summed E-state index contributed by atoms with van der Waals surface area (Å²) in [4.78, 5) is 12.8. The Labute approximate surface area is 177 Å². The highest BCUT2D eigenvalue weighted by molar-refractivity contribution is 7.92. The highest BCUT2D eigenvalue weighted by Gasteiger charge is 2.29. The lowest BCUT2D eigenvalue weighted by molar-refractivity contribution is -0.119. The first kappa shape index (κ1) is 21.4. The number of sulfonamides is 1. The minimum Gasteiger partial charge on any atom is -0.495 e. The van der Waals surface area contributed by atoms with E-state index < -0.39 is 15.9 Å². The summed E-state index contributed by atoms with van der Waals surface area (Å²) < 4.78 is 33.1. The number of hydrogen-bond acceptors (Lipinski definition) is 4. The zero-order valence-corrected chi connectivity index (χ0v) is 17.7. The smallest absolute Gasteiger partial charge is 0.264 e. The van der Waals surface area contributed by atoms with Crippen LogP contribution in [0.1, 0.15) is 11.1 Å². The Morgan fingerprint density at radius 3 is 2.27 bits per heavy atom. The molecule has 0 radical (unpaired) electrons. The lowest BCUT2D eigenvalue weighted by Crippen LogP contribution is -2.40. The van der Waals surface area contributed by atoms with Gasteiger partial charge in [0.15, 0.2) is 0 Å². The number of hydrogen-bond donors (Lipinski definition) is 1. The van der Waals surface area contributed by atoms with Gasteiger partial charge in [-0.05, 0) is 42.3 Å². The molecule has 6 nitrogen and oxygen atoms in total. The van der Waals surface area contributed by atoms with Crippen LogP contribution in [-0.4, -0.2) is 28.0 Å². The van der Waals surface area contributed by atoms with E-state index in [2.05, 4.69) is 5.32 Å². The molecule has 0 bridgehead atoms. The maximum absolute atomic E-state index is 13.4. The molecule has 3 aromatic carbocycles. The molecule has 0 fully saturated rings. The second kappa shape index (κ2) is 9.45. The lowest BCUT2D eigenvalue weighted by Gasteiger charge is -2.25. The van der Waals surface area contributed by atoms with Crippen molar-refractivity contribution in [2.45, 2.75) is 18.4 Å². The van der Waals surface area contributed by atoms with Crippen LogP contribution in [0.2, 0.25) is 0 Å². The first-order chi connectivity index (χ1) is 14.4. The average molecular weight is 425 g/mol. The maximum atomic E-state index is 13.4. The molecule has 1 amide bonds. The van der Waals surface area contributed by atoms with Crippen LogP contribution in [0.25, 0.3) is 0 Å². The van der Waals surface area contributed by atoms with Gasteiger partial charge in [-0.3, -0.25) is 9.10 Å². The number of carbonyl (C=O) groups excluding carboxylic acids is 1. The predicted octanol–water partition coefficient (Wildman–Crippen LogP) is 3.52. The van der Waals surface area contributed by atoms with Crippen molar-refractivity contribution in [3.63, 3.8) is 0 Å². The van der Waals surface area contributed by atoms with E-state index in [0.717, 1.165) is 15.4 Å². The molecule has 30 heavy (non-hydrogen) atoms. The zero-order chi connectivity index (χ0) is 21.6. The van der Waals surface area contributed by atoms with E-state index in [4.69, 9.17) is 4.74 Å². The van der Waals surface area contributed by atoms with Gasteiger partial charge in [0.25, 0.3) is 10.0 Å². The summed E-state index contributed by atoms with van der Waals surface area (Å²) in [5.41, 5.74) is 2.33. The van der Waals surface area contributed by atoms with Crippen molar-refractivity contribution in [3.05, 3.63) is 90.0 Å². The summed E-state index contributed by atoms with van der Waals surface area (Å²) in [6, 6.07) is 22.5. The standard InChI is InChI=1S/C23H24N2O4S/c1-18-10-6-7-11-19(18)16-24-23(26)17-25(21-14-8-9-15-22(21)29-2)30(27,28)20-12-4-3-5-13-20/h3-15H,16-17H2,1-2H3,(H,24,26). The molecule has 0 aliphatic rings. The molecule has 0 spiro atoms. The Kier molecular flexibility index (Phi) is 6.74. The number of amides is 1. The van der Waals surface area contributed by atoms with Crippen molar-refractivity contribution >= 4 is 21.6 Å². The van der Waals surface area contributed by atoms with Crippen LogP contribution in [0.4, 0.5) is 5.69 Å². The molecular formula is C23H24N2O4S. The van der Waals surface area contributed by atoms with Gasteiger partial charge < -0.3 is 10.1 Å². The largest absolute Gasteiger partial charge is 0.495 e. The van der Waals surface area contributed by atoms with E-state index in [0.29, 0.717) is 18.0 Å². The van der Waals surface area contributed by atoms with E-state index in [1.54, 1.807) is 42.5 Å². The molecule has 0 aromatic heterocycles. The van der Waals surface area contributed by atoms with Crippen LogP contribution in [0.5, 0.6) is 5.75 Å². The molecule has 1 N–H and O–H groups in total. The predicted molar refractivity (Wildman–Crippen MR) is 117 cm³/mol. The number of rotatable bonds is 8. The van der Waals surface area contributed by atoms with Crippen molar-refractivity contribution < 1.29 is 17.9 Å². The highest BCUT2D eigenvalue weighted by atomic mass is 32.2. The average Bonchev–Trinajstić information content (AvgIpc) is 2.77. The molecule has 0 atom stereocenters. The van der Waals surface area contributed by atoms with Gasteiger partial charge in [0.1, 0.15) is 12.3 Å². The van der Waals surface area contributed by atoms with Gasteiger partial charge in [-0.15, -0.1) is 0 Å². The molecule has 0 unspecified atom stereocenters. The van der Waals surface area contributed by atoms with Gasteiger partial charge >= 0.3 is 0 Å². The van der Waals surface area contributed by atoms with Crippen molar-refractivity contribution in [3.8, 4) is 5.75 Å². The summed E-state index contributed by atoms with van der Waals surface area (Å²) in [5, 5.41) is 2.82. The molecular weight excluding hydrogens is 400 g/mol. The quantitative estimate of drug-likeness (QED) is 0.600. The monoisotopic (exact) mass is 424 g/mol. The topological polar surface area (TPSA) is 75.7 Å². The zero-order valence-electron chi connectivity index (χ0n) is 16.9. The SMILES string of the molecule is COc1ccccc1N(CC(=O)NCc1ccccc1C)S(=O)(=O)c1ccccc1. The van der Waals surface area contributed by atoms with Crippen LogP contribution in [0.3, 0.4) is 0 Å². The Morgan fingerprint density at radius 1 is 0.933 bits per heavy atom. The van der Waals surface area contributed by atoms with Crippen LogP contribution in [0.15, 0.2) is 83.8 Å². The fourth-order valence-corrected chi connectivity index (χ4v) is 4.50. The third-order valence-corrected chi connectivity index (χ3v) is 6.48. The maximum Gasteiger partial charge on any atom is 0.264 e. The number of nitrogens with one attached hydrogen (secondary N) is 1. The number of aryl methyl sites for hydroxylation is 1. The highest BCUT2D eigenvalue weighted by Crippen LogP contribution is 2.32. The summed E-state index contributed by atoms with van der Waals surface area (Å²) in [6.45, 7) is 1.91. The first-order valence-corrected chi connectivity index (χ1v) is 10.9. The molecule has 0 saturated carbocycles. The number of carbonyl (C=O) groups is 1. The molecule has 3 aromatic rings. The minimum atomic E-state index is -3.98. The molecule has 0 heterocycles. The molecule has 0 saturated heterocycles. The van der Waals surface area contributed by atoms with Gasteiger partial charge in [-0.2, -0.15) is 0 Å². The fourth-order valence-electron chi connectivity index (χ4n) is 3.04. The van der Waals surface area contributed by atoms with Crippen molar-refractivity contribution in [2.24, 2.45) is 0 Å². The van der Waals surface area contributed by atoms with Crippen molar-refractivity contribution in [2.75, 3.05) is 18.0 Å². The summed E-state index contributed by atoms with van der Waals surface area (Å²) in [5.74, 6) is -0.0487. The summed E-state index contributed by atoms with van der Waals surface area (Å²) >= 11 is 0. The molecule has 7 heteroatoms. The van der Waals surface area contributed by atoms with E-state index >= 15 is 0 Å². The number of ether oxygens (including phenoxy) is 1. The molecule has 0 aliphatic carbocycles. The van der Waals surface area contributed by atoms with E-state index in [-0.39, 0.29) is 11.4 Å². The van der Waals surface area contributed by atoms with Crippen LogP contribution in [-0.2, 0) is 21.4 Å². The van der Waals surface area contributed by atoms with Gasteiger partial charge in [-0.25, -0.2) is 8.42 Å². The Morgan fingerprint density at radius 2 is 1.57 bits per heavy atom.